The highest BCUT2D eigenvalue weighted by Gasteiger charge is 2.34. The van der Waals surface area contributed by atoms with E-state index in [1.165, 1.54) is 11.2 Å². The number of likely N-dealkylation sites (tertiary alicyclic amines) is 1. The van der Waals surface area contributed by atoms with Crippen LogP contribution >= 0.6 is 0 Å². The van der Waals surface area contributed by atoms with Gasteiger partial charge in [-0.15, -0.1) is 0 Å². The lowest BCUT2D eigenvalue weighted by Gasteiger charge is -2.22. The number of carboxylic acids is 1. The van der Waals surface area contributed by atoms with Crippen molar-refractivity contribution in [2.45, 2.75) is 25.8 Å². The van der Waals surface area contributed by atoms with E-state index in [0.29, 0.717) is 18.5 Å². The van der Waals surface area contributed by atoms with Gasteiger partial charge in [-0.2, -0.15) is 5.10 Å². The van der Waals surface area contributed by atoms with Gasteiger partial charge in [-0.25, -0.2) is 14.5 Å². The minimum atomic E-state index is -0.942. The number of rotatable bonds is 3. The van der Waals surface area contributed by atoms with E-state index in [9.17, 15) is 14.7 Å². The van der Waals surface area contributed by atoms with Crippen molar-refractivity contribution in [1.29, 1.82) is 0 Å². The topological polar surface area (TPSA) is 88.3 Å². The SMILES string of the molecule is Cc1cc(-n2cncn2)ccc1C(=O)N1CCCC1C(=O)O. The zero-order valence-electron chi connectivity index (χ0n) is 12.1. The maximum absolute atomic E-state index is 12.6. The van der Waals surface area contributed by atoms with E-state index in [-0.39, 0.29) is 5.91 Å². The lowest BCUT2D eigenvalue weighted by atomic mass is 10.1. The van der Waals surface area contributed by atoms with Gasteiger partial charge in [0, 0.05) is 12.1 Å². The van der Waals surface area contributed by atoms with Crippen LogP contribution in [0.4, 0.5) is 0 Å². The van der Waals surface area contributed by atoms with Crippen molar-refractivity contribution in [1.82, 2.24) is 19.7 Å². The van der Waals surface area contributed by atoms with Crippen molar-refractivity contribution in [3.05, 3.63) is 42.0 Å². The molecule has 7 nitrogen and oxygen atoms in total. The first-order chi connectivity index (χ1) is 10.6. The molecule has 0 spiro atoms. The Hall–Kier alpha value is -2.70. The molecule has 1 aromatic heterocycles. The second-order valence-electron chi connectivity index (χ2n) is 5.33. The molecular weight excluding hydrogens is 284 g/mol. The van der Waals surface area contributed by atoms with Gasteiger partial charge in [0.05, 0.1) is 5.69 Å². The van der Waals surface area contributed by atoms with Gasteiger partial charge in [-0.1, -0.05) is 0 Å². The van der Waals surface area contributed by atoms with Gasteiger partial charge in [0.25, 0.3) is 5.91 Å². The lowest BCUT2D eigenvalue weighted by Crippen LogP contribution is -2.40. The highest BCUT2D eigenvalue weighted by atomic mass is 16.4. The maximum Gasteiger partial charge on any atom is 0.326 e. The number of nitrogens with zero attached hydrogens (tertiary/aromatic N) is 4. The van der Waals surface area contributed by atoms with Crippen LogP contribution in [-0.4, -0.2) is 49.2 Å². The molecule has 0 aliphatic carbocycles. The van der Waals surface area contributed by atoms with Gasteiger partial charge in [0.1, 0.15) is 18.7 Å². The normalized spacial score (nSPS) is 17.7. The fraction of sp³-hybridized carbons (Fsp3) is 0.333. The number of carbonyl (C=O) groups excluding carboxylic acids is 1. The number of benzene rings is 1. The van der Waals surface area contributed by atoms with Crippen LogP contribution in [0.5, 0.6) is 0 Å². The summed E-state index contributed by atoms with van der Waals surface area (Å²) in [6.45, 7) is 2.32. The van der Waals surface area contributed by atoms with Gasteiger partial charge in [-0.05, 0) is 43.5 Å². The molecule has 1 aliphatic heterocycles. The summed E-state index contributed by atoms with van der Waals surface area (Å²) in [6.07, 6.45) is 4.25. The zero-order chi connectivity index (χ0) is 15.7. The molecular formula is C15H16N4O3. The van der Waals surface area contributed by atoms with Crippen LogP contribution < -0.4 is 0 Å². The number of aliphatic carboxylic acids is 1. The number of carbonyl (C=O) groups is 2. The summed E-state index contributed by atoms with van der Waals surface area (Å²) in [4.78, 5) is 29.2. The predicted molar refractivity (Wildman–Crippen MR) is 77.8 cm³/mol. The quantitative estimate of drug-likeness (QED) is 0.922. The van der Waals surface area contributed by atoms with Crippen molar-refractivity contribution in [2.75, 3.05) is 6.54 Å². The molecule has 1 aliphatic rings. The Kier molecular flexibility index (Phi) is 3.62. The minimum Gasteiger partial charge on any atom is -0.480 e. The number of amides is 1. The van der Waals surface area contributed by atoms with Crippen molar-refractivity contribution in [3.8, 4) is 5.69 Å². The number of aryl methyl sites for hydroxylation is 1. The summed E-state index contributed by atoms with van der Waals surface area (Å²) in [7, 11) is 0. The van der Waals surface area contributed by atoms with Gasteiger partial charge < -0.3 is 10.0 Å². The van der Waals surface area contributed by atoms with Crippen LogP contribution in [0.2, 0.25) is 0 Å². The summed E-state index contributed by atoms with van der Waals surface area (Å²) >= 11 is 0. The average Bonchev–Trinajstić information content (AvgIpc) is 3.17. The maximum atomic E-state index is 12.6. The van der Waals surface area contributed by atoms with Crippen LogP contribution in [0, 0.1) is 6.92 Å². The monoisotopic (exact) mass is 300 g/mol. The number of aromatic nitrogens is 3. The van der Waals surface area contributed by atoms with Gasteiger partial charge in [-0.3, -0.25) is 4.79 Å². The van der Waals surface area contributed by atoms with Crippen LogP contribution in [0.3, 0.4) is 0 Å². The van der Waals surface area contributed by atoms with Crippen LogP contribution in [0.25, 0.3) is 5.69 Å². The van der Waals surface area contributed by atoms with E-state index >= 15 is 0 Å². The Morgan fingerprint density at radius 2 is 2.18 bits per heavy atom. The van der Waals surface area contributed by atoms with Gasteiger partial charge in [0.2, 0.25) is 0 Å². The molecule has 1 fully saturated rings. The summed E-state index contributed by atoms with van der Waals surface area (Å²) in [5, 5.41) is 13.3. The van der Waals surface area contributed by atoms with Crippen molar-refractivity contribution in [3.63, 3.8) is 0 Å². The fourth-order valence-electron chi connectivity index (χ4n) is 2.79. The Morgan fingerprint density at radius 1 is 1.36 bits per heavy atom. The van der Waals surface area contributed by atoms with Crippen molar-refractivity contribution < 1.29 is 14.7 Å². The molecule has 1 N–H and O–H groups in total. The molecule has 1 amide bonds. The van der Waals surface area contributed by atoms with Crippen molar-refractivity contribution in [2.24, 2.45) is 0 Å². The zero-order valence-corrected chi connectivity index (χ0v) is 12.1. The van der Waals surface area contributed by atoms with E-state index in [1.807, 2.05) is 13.0 Å². The average molecular weight is 300 g/mol. The summed E-state index contributed by atoms with van der Waals surface area (Å²) in [5.41, 5.74) is 2.12. The smallest absolute Gasteiger partial charge is 0.326 e. The third kappa shape index (κ3) is 2.45. The highest BCUT2D eigenvalue weighted by molar-refractivity contribution is 5.98. The number of hydrogen-bond acceptors (Lipinski definition) is 4. The van der Waals surface area contributed by atoms with Gasteiger partial charge >= 0.3 is 5.97 Å². The van der Waals surface area contributed by atoms with Crippen molar-refractivity contribution >= 4 is 11.9 Å². The number of hydrogen-bond donors (Lipinski definition) is 1. The third-order valence-corrected chi connectivity index (χ3v) is 3.92. The van der Waals surface area contributed by atoms with E-state index in [0.717, 1.165) is 17.7 Å². The first-order valence-electron chi connectivity index (χ1n) is 7.07. The Morgan fingerprint density at radius 3 is 2.82 bits per heavy atom. The number of carboxylic acid groups (broad SMARTS) is 1. The molecule has 7 heteroatoms. The molecule has 1 saturated heterocycles. The Labute approximate surface area is 127 Å². The predicted octanol–water partition coefficient (Wildman–Crippen LogP) is 1.26. The van der Waals surface area contributed by atoms with Crippen LogP contribution in [0.15, 0.2) is 30.9 Å². The first kappa shape index (κ1) is 14.2. The molecule has 0 bridgehead atoms. The van der Waals surface area contributed by atoms with Crippen LogP contribution in [0.1, 0.15) is 28.8 Å². The molecule has 1 atom stereocenters. The molecule has 2 aromatic rings. The minimum absolute atomic E-state index is 0.229. The summed E-state index contributed by atoms with van der Waals surface area (Å²) in [5.74, 6) is -1.17. The Bertz CT molecular complexity index is 712. The standard InChI is InChI=1S/C15H16N4O3/c1-10-7-11(19-9-16-8-17-19)4-5-12(10)14(20)18-6-2-3-13(18)15(21)22/h4-5,7-9,13H,2-3,6H2,1H3,(H,21,22). The van der Waals surface area contributed by atoms with E-state index in [2.05, 4.69) is 10.1 Å². The molecule has 1 unspecified atom stereocenters. The lowest BCUT2D eigenvalue weighted by molar-refractivity contribution is -0.141. The fourth-order valence-corrected chi connectivity index (χ4v) is 2.79. The second-order valence-corrected chi connectivity index (χ2v) is 5.33. The van der Waals surface area contributed by atoms with Gasteiger partial charge in [0.15, 0.2) is 0 Å². The first-order valence-corrected chi connectivity index (χ1v) is 7.07. The largest absolute Gasteiger partial charge is 0.480 e. The third-order valence-electron chi connectivity index (χ3n) is 3.92. The second kappa shape index (κ2) is 5.59. The molecule has 2 heterocycles. The molecule has 1 aromatic carbocycles. The van der Waals surface area contributed by atoms with E-state index in [4.69, 9.17) is 0 Å². The highest BCUT2D eigenvalue weighted by Crippen LogP contribution is 2.23. The molecule has 22 heavy (non-hydrogen) atoms. The van der Waals surface area contributed by atoms with Crippen LogP contribution in [-0.2, 0) is 4.79 Å². The molecule has 0 saturated carbocycles. The van der Waals surface area contributed by atoms with E-state index < -0.39 is 12.0 Å². The molecule has 0 radical (unpaired) electrons. The summed E-state index contributed by atoms with van der Waals surface area (Å²) < 4.78 is 1.61. The summed E-state index contributed by atoms with van der Waals surface area (Å²) in [6, 6.07) is 4.61. The van der Waals surface area contributed by atoms with E-state index in [1.54, 1.807) is 23.1 Å². The molecule has 114 valence electrons. The molecule has 3 rings (SSSR count). The Balaban J connectivity index is 1.89.